The fourth-order valence-electron chi connectivity index (χ4n) is 2.38. The Hall–Kier alpha value is -1.32. The summed E-state index contributed by atoms with van der Waals surface area (Å²) in [5.74, 6) is 0.00308. The van der Waals surface area contributed by atoms with Gasteiger partial charge in [0.05, 0.1) is 5.69 Å². The molecule has 1 aromatic rings. The number of rotatable bonds is 2. The lowest BCUT2D eigenvalue weighted by atomic mass is 9.84. The Morgan fingerprint density at radius 1 is 1.56 bits per heavy atom. The first kappa shape index (κ1) is 11.2. The van der Waals surface area contributed by atoms with Crippen LogP contribution in [-0.2, 0) is 19.4 Å². The first-order chi connectivity index (χ1) is 7.44. The van der Waals surface area contributed by atoms with Crippen molar-refractivity contribution in [1.82, 2.24) is 9.55 Å². The van der Waals surface area contributed by atoms with Crippen LogP contribution >= 0.6 is 0 Å². The lowest BCUT2D eigenvalue weighted by molar-refractivity contribution is 0.0688. The van der Waals surface area contributed by atoms with Gasteiger partial charge in [0.1, 0.15) is 5.82 Å². The van der Waals surface area contributed by atoms with E-state index in [1.807, 2.05) is 6.92 Å². The van der Waals surface area contributed by atoms with Gasteiger partial charge in [-0.2, -0.15) is 0 Å². The van der Waals surface area contributed by atoms with Crippen LogP contribution in [0.25, 0.3) is 0 Å². The van der Waals surface area contributed by atoms with Crippen molar-refractivity contribution in [3.8, 4) is 0 Å². The standard InChI is InChI=1S/C12H18N2O2/c1-4-9-13-10(11(15)16)8-5-6-12(2,3)7-14(8)9/h4-7H2,1-3H3,(H,15,16). The fraction of sp³-hybridized carbons (Fsp3) is 0.667. The first-order valence-corrected chi connectivity index (χ1v) is 5.76. The van der Waals surface area contributed by atoms with Gasteiger partial charge < -0.3 is 9.67 Å². The number of hydrogen-bond acceptors (Lipinski definition) is 2. The van der Waals surface area contributed by atoms with E-state index in [0.29, 0.717) is 0 Å². The second kappa shape index (κ2) is 3.61. The molecule has 4 heteroatoms. The number of carboxylic acid groups (broad SMARTS) is 1. The molecule has 16 heavy (non-hydrogen) atoms. The Kier molecular flexibility index (Phi) is 2.52. The van der Waals surface area contributed by atoms with Gasteiger partial charge in [0.25, 0.3) is 0 Å². The minimum atomic E-state index is -0.900. The van der Waals surface area contributed by atoms with Crippen LogP contribution < -0.4 is 0 Å². The van der Waals surface area contributed by atoms with Crippen molar-refractivity contribution in [3.05, 3.63) is 17.2 Å². The number of fused-ring (bicyclic) bond motifs is 1. The predicted octanol–water partition coefficient (Wildman–Crippen LogP) is 2.12. The molecule has 0 bridgehead atoms. The van der Waals surface area contributed by atoms with Crippen molar-refractivity contribution in [2.45, 2.75) is 46.6 Å². The minimum Gasteiger partial charge on any atom is -0.476 e. The summed E-state index contributed by atoms with van der Waals surface area (Å²) < 4.78 is 2.10. The molecule has 0 saturated carbocycles. The van der Waals surface area contributed by atoms with E-state index >= 15 is 0 Å². The fourth-order valence-corrected chi connectivity index (χ4v) is 2.38. The molecule has 0 amide bonds. The minimum absolute atomic E-state index is 0.243. The smallest absolute Gasteiger partial charge is 0.356 e. The van der Waals surface area contributed by atoms with E-state index in [9.17, 15) is 4.79 Å². The number of carboxylic acids is 1. The van der Waals surface area contributed by atoms with E-state index < -0.39 is 5.97 Å². The predicted molar refractivity (Wildman–Crippen MR) is 60.7 cm³/mol. The third-order valence-electron chi connectivity index (χ3n) is 3.30. The summed E-state index contributed by atoms with van der Waals surface area (Å²) in [6.07, 6.45) is 2.64. The van der Waals surface area contributed by atoms with Crippen LogP contribution in [0.1, 0.15) is 49.2 Å². The van der Waals surface area contributed by atoms with Crippen LogP contribution in [0.3, 0.4) is 0 Å². The topological polar surface area (TPSA) is 55.1 Å². The molecule has 0 spiro atoms. The van der Waals surface area contributed by atoms with Gasteiger partial charge in [-0.25, -0.2) is 9.78 Å². The Morgan fingerprint density at radius 3 is 2.81 bits per heavy atom. The summed E-state index contributed by atoms with van der Waals surface area (Å²) in [7, 11) is 0. The molecule has 88 valence electrons. The summed E-state index contributed by atoms with van der Waals surface area (Å²) >= 11 is 0. The molecule has 0 fully saturated rings. The molecule has 0 unspecified atom stereocenters. The van der Waals surface area contributed by atoms with Crippen LogP contribution in [0.5, 0.6) is 0 Å². The van der Waals surface area contributed by atoms with E-state index in [-0.39, 0.29) is 11.1 Å². The van der Waals surface area contributed by atoms with Crippen LogP contribution in [0.15, 0.2) is 0 Å². The zero-order valence-corrected chi connectivity index (χ0v) is 10.1. The van der Waals surface area contributed by atoms with Gasteiger partial charge in [-0.15, -0.1) is 0 Å². The van der Waals surface area contributed by atoms with Crippen molar-refractivity contribution in [3.63, 3.8) is 0 Å². The zero-order chi connectivity index (χ0) is 11.9. The van der Waals surface area contributed by atoms with Gasteiger partial charge in [-0.3, -0.25) is 0 Å². The summed E-state index contributed by atoms with van der Waals surface area (Å²) in [6.45, 7) is 7.33. The van der Waals surface area contributed by atoms with E-state index in [4.69, 9.17) is 5.11 Å². The van der Waals surface area contributed by atoms with E-state index in [0.717, 1.165) is 37.3 Å². The molecule has 2 heterocycles. The SMILES string of the molecule is CCc1nc(C(=O)O)c2n1CC(C)(C)CC2. The highest BCUT2D eigenvalue weighted by molar-refractivity contribution is 5.87. The van der Waals surface area contributed by atoms with Gasteiger partial charge in [0.15, 0.2) is 5.69 Å². The maximum Gasteiger partial charge on any atom is 0.356 e. The summed E-state index contributed by atoms with van der Waals surface area (Å²) in [5.41, 5.74) is 1.41. The van der Waals surface area contributed by atoms with E-state index in [2.05, 4.69) is 23.4 Å². The summed E-state index contributed by atoms with van der Waals surface area (Å²) in [5, 5.41) is 9.10. The summed E-state index contributed by atoms with van der Waals surface area (Å²) in [4.78, 5) is 15.3. The second-order valence-corrected chi connectivity index (χ2v) is 5.23. The molecule has 2 rings (SSSR count). The maximum atomic E-state index is 11.1. The number of imidazole rings is 1. The van der Waals surface area contributed by atoms with Crippen molar-refractivity contribution in [1.29, 1.82) is 0 Å². The summed E-state index contributed by atoms with van der Waals surface area (Å²) in [6, 6.07) is 0. The molecule has 1 aliphatic heterocycles. The highest BCUT2D eigenvalue weighted by Gasteiger charge is 2.31. The average molecular weight is 222 g/mol. The van der Waals surface area contributed by atoms with Gasteiger partial charge in [0.2, 0.25) is 0 Å². The van der Waals surface area contributed by atoms with Gasteiger partial charge in [-0.05, 0) is 18.3 Å². The molecule has 1 N–H and O–H groups in total. The number of nitrogens with zero attached hydrogens (tertiary/aromatic N) is 2. The lowest BCUT2D eigenvalue weighted by Gasteiger charge is -2.32. The molecule has 0 aromatic carbocycles. The molecule has 1 aliphatic rings. The Bertz CT molecular complexity index is 432. The molecule has 0 aliphatic carbocycles. The second-order valence-electron chi connectivity index (χ2n) is 5.23. The maximum absolute atomic E-state index is 11.1. The quantitative estimate of drug-likeness (QED) is 0.833. The van der Waals surface area contributed by atoms with Crippen molar-refractivity contribution in [2.24, 2.45) is 5.41 Å². The Labute approximate surface area is 95.3 Å². The first-order valence-electron chi connectivity index (χ1n) is 5.76. The number of aromatic nitrogens is 2. The molecule has 0 atom stereocenters. The highest BCUT2D eigenvalue weighted by Crippen LogP contribution is 2.33. The van der Waals surface area contributed by atoms with Gasteiger partial charge in [-0.1, -0.05) is 20.8 Å². The van der Waals surface area contributed by atoms with Crippen LogP contribution in [-0.4, -0.2) is 20.6 Å². The Balaban J connectivity index is 2.50. The molecule has 0 radical (unpaired) electrons. The normalized spacial score (nSPS) is 18.2. The van der Waals surface area contributed by atoms with E-state index in [1.165, 1.54) is 0 Å². The lowest BCUT2D eigenvalue weighted by Crippen LogP contribution is -2.28. The highest BCUT2D eigenvalue weighted by atomic mass is 16.4. The third kappa shape index (κ3) is 1.72. The molecule has 1 aromatic heterocycles. The largest absolute Gasteiger partial charge is 0.476 e. The number of carbonyl (C=O) groups is 1. The molecule has 0 saturated heterocycles. The molecular formula is C12H18N2O2. The number of aryl methyl sites for hydroxylation is 1. The van der Waals surface area contributed by atoms with Crippen molar-refractivity contribution < 1.29 is 9.90 Å². The van der Waals surface area contributed by atoms with Crippen LogP contribution in [0.4, 0.5) is 0 Å². The zero-order valence-electron chi connectivity index (χ0n) is 10.1. The van der Waals surface area contributed by atoms with Crippen molar-refractivity contribution >= 4 is 5.97 Å². The number of aromatic carboxylic acids is 1. The van der Waals surface area contributed by atoms with Gasteiger partial charge >= 0.3 is 5.97 Å². The van der Waals surface area contributed by atoms with Crippen molar-refractivity contribution in [2.75, 3.05) is 0 Å². The monoisotopic (exact) mass is 222 g/mol. The van der Waals surface area contributed by atoms with Crippen LogP contribution in [0.2, 0.25) is 0 Å². The third-order valence-corrected chi connectivity index (χ3v) is 3.30. The Morgan fingerprint density at radius 2 is 2.25 bits per heavy atom. The molecule has 4 nitrogen and oxygen atoms in total. The van der Waals surface area contributed by atoms with E-state index in [1.54, 1.807) is 0 Å². The number of hydrogen-bond donors (Lipinski definition) is 1. The van der Waals surface area contributed by atoms with Crippen LogP contribution in [0, 0.1) is 5.41 Å². The average Bonchev–Trinajstić information content (AvgIpc) is 2.54. The van der Waals surface area contributed by atoms with Gasteiger partial charge in [0, 0.05) is 13.0 Å². The molecular weight excluding hydrogens is 204 g/mol.